The highest BCUT2D eigenvalue weighted by molar-refractivity contribution is 5.89. The first-order valence-corrected chi connectivity index (χ1v) is 10.7. The van der Waals surface area contributed by atoms with Crippen molar-refractivity contribution in [1.82, 2.24) is 4.90 Å². The highest BCUT2D eigenvalue weighted by atomic mass is 16.5. The Morgan fingerprint density at radius 1 is 1.10 bits per heavy atom. The van der Waals surface area contributed by atoms with Gasteiger partial charge in [0, 0.05) is 19.5 Å². The predicted molar refractivity (Wildman–Crippen MR) is 117 cm³/mol. The van der Waals surface area contributed by atoms with E-state index in [1.165, 1.54) is 17.2 Å². The van der Waals surface area contributed by atoms with E-state index in [0.29, 0.717) is 24.7 Å². The topological polar surface area (TPSA) is 65.1 Å². The van der Waals surface area contributed by atoms with E-state index in [0.717, 1.165) is 31.2 Å². The second-order valence-corrected chi connectivity index (χ2v) is 7.81. The van der Waals surface area contributed by atoms with Crippen molar-refractivity contribution in [3.63, 3.8) is 0 Å². The highest BCUT2D eigenvalue weighted by Gasteiger charge is 2.26. The number of aryl methyl sites for hydroxylation is 1. The summed E-state index contributed by atoms with van der Waals surface area (Å²) in [7, 11) is 1.77. The fraction of sp³-hybridized carbons (Fsp3) is 0.360. The molecular formula is C25H27NO5. The summed E-state index contributed by atoms with van der Waals surface area (Å²) in [5.74, 6) is 0.602. The maximum atomic E-state index is 12.6. The van der Waals surface area contributed by atoms with Crippen LogP contribution in [-0.4, -0.2) is 43.6 Å². The summed E-state index contributed by atoms with van der Waals surface area (Å²) in [5, 5.41) is 0. The van der Waals surface area contributed by atoms with Gasteiger partial charge in [-0.3, -0.25) is 4.79 Å². The van der Waals surface area contributed by atoms with Crippen LogP contribution in [0.3, 0.4) is 0 Å². The van der Waals surface area contributed by atoms with Crippen LogP contribution in [0.4, 0.5) is 0 Å². The Kier molecular flexibility index (Phi) is 6.55. The van der Waals surface area contributed by atoms with Crippen LogP contribution < -0.4 is 9.47 Å². The van der Waals surface area contributed by atoms with Crippen molar-refractivity contribution in [2.24, 2.45) is 0 Å². The van der Waals surface area contributed by atoms with Crippen molar-refractivity contribution in [3.8, 4) is 11.5 Å². The van der Waals surface area contributed by atoms with Crippen molar-refractivity contribution < 1.29 is 23.8 Å². The molecule has 4 rings (SSSR count). The van der Waals surface area contributed by atoms with Crippen LogP contribution in [0.15, 0.2) is 48.5 Å². The van der Waals surface area contributed by atoms with Gasteiger partial charge in [0.15, 0.2) is 18.1 Å². The zero-order chi connectivity index (χ0) is 21.6. The molecule has 0 radical (unpaired) electrons. The van der Waals surface area contributed by atoms with E-state index in [-0.39, 0.29) is 18.6 Å². The number of carbonyl (C=O) groups is 2. The quantitative estimate of drug-likeness (QED) is 0.541. The summed E-state index contributed by atoms with van der Waals surface area (Å²) in [5.41, 5.74) is 3.27. The molecule has 0 spiro atoms. The van der Waals surface area contributed by atoms with E-state index in [1.807, 2.05) is 30.3 Å². The molecule has 1 heterocycles. The van der Waals surface area contributed by atoms with E-state index in [2.05, 4.69) is 12.1 Å². The van der Waals surface area contributed by atoms with Gasteiger partial charge in [0.05, 0.1) is 19.3 Å². The number of rotatable bonds is 5. The SMILES string of the molecule is CN(C(=O)COC(=O)/C=C/c1ccc2c(c1)OCCCO2)[C@@H]1CCCc2ccccc21. The van der Waals surface area contributed by atoms with Gasteiger partial charge in [0.2, 0.25) is 0 Å². The van der Waals surface area contributed by atoms with Crippen molar-refractivity contribution in [2.75, 3.05) is 26.9 Å². The molecule has 162 valence electrons. The Bertz CT molecular complexity index is 984. The molecule has 2 aromatic rings. The molecule has 0 saturated carbocycles. The lowest BCUT2D eigenvalue weighted by molar-refractivity contribution is -0.148. The average Bonchev–Trinajstić information content (AvgIpc) is 3.05. The smallest absolute Gasteiger partial charge is 0.331 e. The lowest BCUT2D eigenvalue weighted by Crippen LogP contribution is -2.36. The lowest BCUT2D eigenvalue weighted by atomic mass is 9.87. The lowest BCUT2D eigenvalue weighted by Gasteiger charge is -2.33. The van der Waals surface area contributed by atoms with Crippen molar-refractivity contribution in [3.05, 3.63) is 65.2 Å². The highest BCUT2D eigenvalue weighted by Crippen LogP contribution is 2.33. The average molecular weight is 421 g/mol. The molecule has 2 aliphatic rings. The third kappa shape index (κ3) is 5.08. The number of hydrogen-bond donors (Lipinski definition) is 0. The number of ether oxygens (including phenoxy) is 3. The van der Waals surface area contributed by atoms with Gasteiger partial charge in [-0.2, -0.15) is 0 Å². The summed E-state index contributed by atoms with van der Waals surface area (Å²) < 4.78 is 16.4. The normalized spacial score (nSPS) is 17.5. The number of hydrogen-bond acceptors (Lipinski definition) is 5. The molecule has 1 aliphatic carbocycles. The molecule has 1 atom stereocenters. The fourth-order valence-electron chi connectivity index (χ4n) is 4.04. The number of nitrogens with zero attached hydrogens (tertiary/aromatic N) is 1. The Labute approximate surface area is 182 Å². The number of likely N-dealkylation sites (N-methyl/N-ethyl adjacent to an activating group) is 1. The maximum absolute atomic E-state index is 12.6. The second-order valence-electron chi connectivity index (χ2n) is 7.81. The Balaban J connectivity index is 1.32. The van der Waals surface area contributed by atoms with Crippen LogP contribution in [0.5, 0.6) is 11.5 Å². The summed E-state index contributed by atoms with van der Waals surface area (Å²) in [6.45, 7) is 0.951. The summed E-state index contributed by atoms with van der Waals surface area (Å²) in [6, 6.07) is 13.7. The van der Waals surface area contributed by atoms with Crippen LogP contribution in [0, 0.1) is 0 Å². The van der Waals surface area contributed by atoms with E-state index in [9.17, 15) is 9.59 Å². The fourth-order valence-corrected chi connectivity index (χ4v) is 4.04. The molecule has 31 heavy (non-hydrogen) atoms. The molecule has 1 aliphatic heterocycles. The summed E-state index contributed by atoms with van der Waals surface area (Å²) >= 11 is 0. The van der Waals surface area contributed by atoms with Crippen LogP contribution in [0.1, 0.15) is 42.0 Å². The first-order valence-electron chi connectivity index (χ1n) is 10.7. The van der Waals surface area contributed by atoms with Gasteiger partial charge in [0.25, 0.3) is 5.91 Å². The molecule has 0 saturated heterocycles. The minimum Gasteiger partial charge on any atom is -0.490 e. The predicted octanol–water partition coefficient (Wildman–Crippen LogP) is 3.94. The minimum absolute atomic E-state index is 0.0218. The molecule has 0 N–H and O–H groups in total. The molecule has 2 aromatic carbocycles. The largest absolute Gasteiger partial charge is 0.490 e. The minimum atomic E-state index is -0.557. The van der Waals surface area contributed by atoms with Gasteiger partial charge >= 0.3 is 5.97 Å². The van der Waals surface area contributed by atoms with Gasteiger partial charge in [-0.05, 0) is 54.2 Å². The van der Waals surface area contributed by atoms with E-state index < -0.39 is 5.97 Å². The third-order valence-electron chi connectivity index (χ3n) is 5.72. The van der Waals surface area contributed by atoms with Crippen LogP contribution in [-0.2, 0) is 20.7 Å². The maximum Gasteiger partial charge on any atom is 0.331 e. The number of amides is 1. The first-order chi connectivity index (χ1) is 15.1. The van der Waals surface area contributed by atoms with Gasteiger partial charge < -0.3 is 19.1 Å². The van der Waals surface area contributed by atoms with Crippen LogP contribution >= 0.6 is 0 Å². The van der Waals surface area contributed by atoms with E-state index in [1.54, 1.807) is 18.0 Å². The zero-order valence-electron chi connectivity index (χ0n) is 17.7. The van der Waals surface area contributed by atoms with Gasteiger partial charge in [-0.25, -0.2) is 4.79 Å². The Morgan fingerprint density at radius 2 is 1.90 bits per heavy atom. The molecule has 0 aromatic heterocycles. The van der Waals surface area contributed by atoms with E-state index >= 15 is 0 Å². The summed E-state index contributed by atoms with van der Waals surface area (Å²) in [6.07, 6.45) is 6.79. The van der Waals surface area contributed by atoms with Crippen LogP contribution in [0.2, 0.25) is 0 Å². The molecule has 0 unspecified atom stereocenters. The van der Waals surface area contributed by atoms with Crippen molar-refractivity contribution >= 4 is 18.0 Å². The Hall–Kier alpha value is -3.28. The van der Waals surface area contributed by atoms with Crippen LogP contribution in [0.25, 0.3) is 6.08 Å². The van der Waals surface area contributed by atoms with Gasteiger partial charge in [0.1, 0.15) is 0 Å². The molecule has 1 amide bonds. The van der Waals surface area contributed by atoms with Crippen molar-refractivity contribution in [1.29, 1.82) is 0 Å². The zero-order valence-corrected chi connectivity index (χ0v) is 17.7. The molecular weight excluding hydrogens is 394 g/mol. The number of fused-ring (bicyclic) bond motifs is 2. The van der Waals surface area contributed by atoms with Crippen molar-refractivity contribution in [2.45, 2.75) is 31.7 Å². The third-order valence-corrected chi connectivity index (χ3v) is 5.72. The number of benzene rings is 2. The van der Waals surface area contributed by atoms with E-state index in [4.69, 9.17) is 14.2 Å². The Morgan fingerprint density at radius 3 is 2.77 bits per heavy atom. The summed E-state index contributed by atoms with van der Waals surface area (Å²) in [4.78, 5) is 26.4. The molecule has 0 fully saturated rings. The molecule has 0 bridgehead atoms. The number of esters is 1. The molecule has 6 heteroatoms. The van der Waals surface area contributed by atoms with Gasteiger partial charge in [-0.15, -0.1) is 0 Å². The number of carbonyl (C=O) groups excluding carboxylic acids is 2. The van der Waals surface area contributed by atoms with Gasteiger partial charge in [-0.1, -0.05) is 30.3 Å². The second kappa shape index (κ2) is 9.69. The monoisotopic (exact) mass is 421 g/mol. The molecule has 6 nitrogen and oxygen atoms in total. The standard InChI is InChI=1S/C25H27NO5/c1-26(21-9-4-7-19-6-2-3-8-20(19)21)24(27)17-31-25(28)13-11-18-10-12-22-23(16-18)30-15-5-14-29-22/h2-3,6,8,10-13,16,21H,4-5,7,9,14-15,17H2,1H3/b13-11+/t21-/m1/s1. The first kappa shape index (κ1) is 21.0.